The van der Waals surface area contributed by atoms with Crippen LogP contribution in [0.25, 0.3) is 0 Å². The first-order chi connectivity index (χ1) is 18.3. The van der Waals surface area contributed by atoms with E-state index in [0.29, 0.717) is 32.4 Å². The highest BCUT2D eigenvalue weighted by atomic mass is 16.6. The van der Waals surface area contributed by atoms with Crippen LogP contribution in [0.15, 0.2) is 55.6 Å². The summed E-state index contributed by atoms with van der Waals surface area (Å²) >= 11 is 0. The molecule has 0 saturated carbocycles. The van der Waals surface area contributed by atoms with Crippen molar-refractivity contribution in [3.63, 3.8) is 0 Å². The minimum absolute atomic E-state index is 0.0306. The van der Waals surface area contributed by atoms with Crippen molar-refractivity contribution in [2.45, 2.75) is 69.2 Å². The van der Waals surface area contributed by atoms with E-state index in [1.165, 1.54) is 11.0 Å². The van der Waals surface area contributed by atoms with Crippen molar-refractivity contribution in [1.29, 1.82) is 0 Å². The van der Waals surface area contributed by atoms with E-state index in [9.17, 15) is 19.5 Å². The fraction of sp³-hybridized carbons (Fsp3) is 0.567. The molecule has 3 heterocycles. The Labute approximate surface area is 225 Å². The van der Waals surface area contributed by atoms with Crippen LogP contribution < -0.4 is 0 Å². The third-order valence-corrected chi connectivity index (χ3v) is 8.41. The van der Waals surface area contributed by atoms with E-state index in [1.54, 1.807) is 11.0 Å². The molecule has 0 radical (unpaired) electrons. The van der Waals surface area contributed by atoms with Crippen LogP contribution in [0.2, 0.25) is 0 Å². The Morgan fingerprint density at radius 1 is 1.26 bits per heavy atom. The summed E-state index contributed by atoms with van der Waals surface area (Å²) in [6.07, 6.45) is 6.25. The molecule has 1 aromatic rings. The van der Waals surface area contributed by atoms with E-state index in [4.69, 9.17) is 9.47 Å². The second-order valence-corrected chi connectivity index (χ2v) is 10.8. The number of carbonyl (C=O) groups is 3. The van der Waals surface area contributed by atoms with Gasteiger partial charge in [-0.25, -0.2) is 0 Å². The molecule has 3 saturated heterocycles. The minimum atomic E-state index is -1.17. The lowest BCUT2D eigenvalue weighted by atomic mass is 9.66. The molecule has 0 aromatic heterocycles. The van der Waals surface area contributed by atoms with Crippen molar-refractivity contribution in [2.24, 2.45) is 11.8 Å². The fourth-order valence-electron chi connectivity index (χ4n) is 6.73. The summed E-state index contributed by atoms with van der Waals surface area (Å²) in [6, 6.07) is 7.96. The van der Waals surface area contributed by atoms with Gasteiger partial charge in [-0.3, -0.25) is 14.4 Å². The second kappa shape index (κ2) is 11.4. The smallest absolute Gasteiger partial charge is 0.313 e. The number of unbranched alkanes of at least 4 members (excludes halogenated alkanes) is 1. The quantitative estimate of drug-likeness (QED) is 0.315. The molecule has 3 aliphatic heterocycles. The molecule has 2 bridgehead atoms. The normalized spacial score (nSPS) is 30.1. The molecule has 206 valence electrons. The summed E-state index contributed by atoms with van der Waals surface area (Å²) < 4.78 is 12.1. The second-order valence-electron chi connectivity index (χ2n) is 10.8. The molecule has 1 N–H and O–H groups in total. The Bertz CT molecular complexity index is 1060. The van der Waals surface area contributed by atoms with E-state index in [1.807, 2.05) is 37.3 Å². The highest BCUT2D eigenvalue weighted by Crippen LogP contribution is 2.63. The molecular weight excluding hydrogens is 484 g/mol. The Morgan fingerprint density at radius 3 is 2.63 bits per heavy atom. The largest absolute Gasteiger partial charge is 0.461 e. The zero-order valence-electron chi connectivity index (χ0n) is 22.5. The van der Waals surface area contributed by atoms with E-state index < -0.39 is 41.1 Å². The molecule has 2 unspecified atom stereocenters. The van der Waals surface area contributed by atoms with Crippen molar-refractivity contribution < 1.29 is 29.0 Å². The maximum atomic E-state index is 14.3. The summed E-state index contributed by atoms with van der Waals surface area (Å²) in [5, 5.41) is 10.5. The number of aliphatic hydroxyl groups is 1. The Balaban J connectivity index is 1.79. The van der Waals surface area contributed by atoms with Gasteiger partial charge in [0.05, 0.1) is 24.2 Å². The topological polar surface area (TPSA) is 96.4 Å². The number of benzene rings is 1. The number of hydrogen-bond donors (Lipinski definition) is 1. The van der Waals surface area contributed by atoms with Crippen molar-refractivity contribution >= 4 is 17.8 Å². The molecule has 8 heteroatoms. The predicted molar refractivity (Wildman–Crippen MR) is 143 cm³/mol. The summed E-state index contributed by atoms with van der Waals surface area (Å²) in [6.45, 7) is 11.9. The third-order valence-electron chi connectivity index (χ3n) is 8.41. The number of esters is 1. The van der Waals surface area contributed by atoms with E-state index in [0.717, 1.165) is 18.4 Å². The number of ether oxygens (including phenoxy) is 2. The van der Waals surface area contributed by atoms with Crippen LogP contribution in [0.1, 0.15) is 45.1 Å². The third kappa shape index (κ3) is 4.69. The molecule has 3 fully saturated rings. The van der Waals surface area contributed by atoms with Crippen LogP contribution in [-0.2, 0) is 30.3 Å². The molecule has 0 aliphatic carbocycles. The van der Waals surface area contributed by atoms with E-state index in [2.05, 4.69) is 20.1 Å². The molecule has 2 amide bonds. The predicted octanol–water partition coefficient (Wildman–Crippen LogP) is 2.90. The van der Waals surface area contributed by atoms with Crippen molar-refractivity contribution in [3.05, 3.63) is 61.2 Å². The van der Waals surface area contributed by atoms with Gasteiger partial charge >= 0.3 is 5.97 Å². The zero-order valence-corrected chi connectivity index (χ0v) is 22.5. The number of nitrogens with zero attached hydrogens (tertiary/aromatic N) is 2. The zero-order chi connectivity index (χ0) is 27.5. The van der Waals surface area contributed by atoms with Gasteiger partial charge in [0, 0.05) is 13.1 Å². The van der Waals surface area contributed by atoms with Gasteiger partial charge in [0.25, 0.3) is 0 Å². The van der Waals surface area contributed by atoms with E-state index in [-0.39, 0.29) is 25.0 Å². The van der Waals surface area contributed by atoms with Gasteiger partial charge in [0.2, 0.25) is 11.8 Å². The van der Waals surface area contributed by atoms with Crippen molar-refractivity contribution in [2.75, 3.05) is 26.3 Å². The van der Waals surface area contributed by atoms with Crippen LogP contribution in [0, 0.1) is 11.8 Å². The molecule has 8 nitrogen and oxygen atoms in total. The molecule has 4 rings (SSSR count). The van der Waals surface area contributed by atoms with Crippen LogP contribution in [0.5, 0.6) is 0 Å². The minimum Gasteiger partial charge on any atom is -0.461 e. The van der Waals surface area contributed by atoms with Gasteiger partial charge in [0.1, 0.15) is 24.2 Å². The molecule has 1 aromatic carbocycles. The monoisotopic (exact) mass is 524 g/mol. The molecular formula is C30H40N2O6. The van der Waals surface area contributed by atoms with Crippen LogP contribution in [0.3, 0.4) is 0 Å². The first-order valence-corrected chi connectivity index (χ1v) is 13.6. The number of fused-ring (bicyclic) bond motifs is 1. The maximum absolute atomic E-state index is 14.3. The van der Waals surface area contributed by atoms with Gasteiger partial charge in [-0.1, -0.05) is 62.4 Å². The Hall–Kier alpha value is -2.97. The summed E-state index contributed by atoms with van der Waals surface area (Å²) in [4.78, 5) is 45.2. The number of likely N-dealkylation sites (tertiary alicyclic amines) is 1. The highest BCUT2D eigenvalue weighted by Gasteiger charge is 2.79. The van der Waals surface area contributed by atoms with Gasteiger partial charge in [0.15, 0.2) is 0 Å². The van der Waals surface area contributed by atoms with Crippen LogP contribution in [-0.4, -0.2) is 82.3 Å². The average molecular weight is 525 g/mol. The number of carbonyl (C=O) groups excluding carboxylic acids is 3. The Morgan fingerprint density at radius 2 is 2.00 bits per heavy atom. The van der Waals surface area contributed by atoms with E-state index >= 15 is 0 Å². The van der Waals surface area contributed by atoms with Gasteiger partial charge in [-0.2, -0.15) is 0 Å². The van der Waals surface area contributed by atoms with Crippen molar-refractivity contribution in [3.8, 4) is 0 Å². The fourth-order valence-corrected chi connectivity index (χ4v) is 6.73. The molecule has 1 spiro atoms. The van der Waals surface area contributed by atoms with Crippen LogP contribution >= 0.6 is 0 Å². The number of rotatable bonds is 13. The first-order valence-electron chi connectivity index (χ1n) is 13.6. The molecule has 6 atom stereocenters. The molecule has 3 aliphatic rings. The summed E-state index contributed by atoms with van der Waals surface area (Å²) in [5.74, 6) is -2.79. The highest BCUT2D eigenvalue weighted by molar-refractivity contribution is 5.98. The van der Waals surface area contributed by atoms with Crippen molar-refractivity contribution in [1.82, 2.24) is 9.80 Å². The summed E-state index contributed by atoms with van der Waals surface area (Å²) in [7, 11) is 0. The van der Waals surface area contributed by atoms with Crippen LogP contribution in [0.4, 0.5) is 0 Å². The van der Waals surface area contributed by atoms with Gasteiger partial charge < -0.3 is 24.4 Å². The van der Waals surface area contributed by atoms with Gasteiger partial charge in [-0.15, -0.1) is 6.58 Å². The lowest BCUT2D eigenvalue weighted by molar-refractivity contribution is -0.161. The average Bonchev–Trinajstić information content (AvgIpc) is 3.49. The maximum Gasteiger partial charge on any atom is 0.313 e. The van der Waals surface area contributed by atoms with Gasteiger partial charge in [-0.05, 0) is 38.2 Å². The lowest BCUT2D eigenvalue weighted by Crippen LogP contribution is -2.59. The SMILES string of the molecule is C=CCOC(=O)[C@@H]1[C@H]2C(=O)N([C@@H](CO)Cc3ccccc3)C(C(=O)N(CC=C)CCCC)C23CC[C@@]1(C)O3. The first kappa shape index (κ1) is 28.0. The number of hydrogen-bond acceptors (Lipinski definition) is 6. The number of amides is 2. The standard InChI is InChI=1S/C30H40N2O6/c1-5-8-17-31(16-6-2)27(35)25-30-15-14-29(4,38-30)24(28(36)37-18-7-3)23(30)26(34)32(25)22(20-33)19-21-12-10-9-11-13-21/h6-7,9-13,22-25,33H,2-3,5,8,14-20H2,1,4H3/t22-,23+,24+,25?,29-,30?/m1/s1. The Kier molecular flexibility index (Phi) is 8.43. The summed E-state index contributed by atoms with van der Waals surface area (Å²) in [5.41, 5.74) is -1.14. The number of aliphatic hydroxyl groups excluding tert-OH is 1. The molecule has 38 heavy (non-hydrogen) atoms. The lowest BCUT2D eigenvalue weighted by Gasteiger charge is -2.39.